The van der Waals surface area contributed by atoms with Crippen LogP contribution in [0.15, 0.2) is 29.3 Å². The second-order valence-electron chi connectivity index (χ2n) is 7.59. The van der Waals surface area contributed by atoms with Crippen molar-refractivity contribution in [3.63, 3.8) is 0 Å². The number of hydrogen-bond acceptors (Lipinski definition) is 3. The van der Waals surface area contributed by atoms with Gasteiger partial charge in [-0.15, -0.1) is 0 Å². The minimum atomic E-state index is 0.136. The number of para-hydroxylation sites is 1. The van der Waals surface area contributed by atoms with Gasteiger partial charge in [0.25, 0.3) is 0 Å². The van der Waals surface area contributed by atoms with Crippen molar-refractivity contribution in [1.82, 2.24) is 10.2 Å². The molecule has 0 spiro atoms. The molecule has 5 heteroatoms. The molecule has 0 radical (unpaired) electrons. The number of rotatable bonds is 10. The predicted octanol–water partition coefficient (Wildman–Crippen LogP) is 3.05. The van der Waals surface area contributed by atoms with Gasteiger partial charge in [0.05, 0.1) is 20.3 Å². The van der Waals surface area contributed by atoms with Crippen LogP contribution >= 0.6 is 0 Å². The summed E-state index contributed by atoms with van der Waals surface area (Å²) in [5, 5.41) is 3.41. The van der Waals surface area contributed by atoms with Crippen molar-refractivity contribution in [2.75, 3.05) is 47.0 Å². The average molecular weight is 360 g/mol. The molecular formula is C21H33N3O2. The SMILES string of the molecule is CCNC(=NCC1(c2ccccc2OC)CC1)N(C)CCOCC1CC1. The number of hydrogen-bond donors (Lipinski definition) is 1. The number of guanidine groups is 1. The van der Waals surface area contributed by atoms with Crippen LogP contribution < -0.4 is 10.1 Å². The Kier molecular flexibility index (Phi) is 6.41. The second-order valence-corrected chi connectivity index (χ2v) is 7.59. The molecule has 0 saturated heterocycles. The van der Waals surface area contributed by atoms with Crippen LogP contribution in [0.1, 0.15) is 38.2 Å². The number of ether oxygens (including phenoxy) is 2. The summed E-state index contributed by atoms with van der Waals surface area (Å²) >= 11 is 0. The van der Waals surface area contributed by atoms with E-state index in [0.29, 0.717) is 0 Å². The summed E-state index contributed by atoms with van der Waals surface area (Å²) in [7, 11) is 3.84. The standard InChI is InChI=1S/C21H33N3O2/c1-4-22-20(24(2)13-14-26-15-17-9-10-17)23-16-21(11-12-21)18-7-5-6-8-19(18)25-3/h5-8,17H,4,9-16H2,1-3H3,(H,22,23). The molecule has 0 unspecified atom stereocenters. The lowest BCUT2D eigenvalue weighted by Gasteiger charge is -2.23. The summed E-state index contributed by atoms with van der Waals surface area (Å²) in [4.78, 5) is 7.12. The molecule has 144 valence electrons. The highest BCUT2D eigenvalue weighted by Crippen LogP contribution is 2.51. The number of aliphatic imine (C=N–C) groups is 1. The summed E-state index contributed by atoms with van der Waals surface area (Å²) in [6.45, 7) is 6.31. The molecule has 3 rings (SSSR count). The van der Waals surface area contributed by atoms with Gasteiger partial charge in [0, 0.05) is 37.7 Å². The van der Waals surface area contributed by atoms with Crippen molar-refractivity contribution in [3.05, 3.63) is 29.8 Å². The van der Waals surface area contributed by atoms with Crippen LogP contribution in [-0.2, 0) is 10.2 Å². The van der Waals surface area contributed by atoms with E-state index in [2.05, 4.69) is 36.3 Å². The Morgan fingerprint density at radius 3 is 2.73 bits per heavy atom. The molecule has 2 fully saturated rings. The zero-order valence-corrected chi connectivity index (χ0v) is 16.5. The quantitative estimate of drug-likeness (QED) is 0.396. The van der Waals surface area contributed by atoms with Crippen molar-refractivity contribution in [2.45, 2.75) is 38.0 Å². The highest BCUT2D eigenvalue weighted by atomic mass is 16.5. The minimum absolute atomic E-state index is 0.136. The maximum absolute atomic E-state index is 5.77. The van der Waals surface area contributed by atoms with E-state index < -0.39 is 0 Å². The smallest absolute Gasteiger partial charge is 0.193 e. The van der Waals surface area contributed by atoms with Crippen molar-refractivity contribution < 1.29 is 9.47 Å². The summed E-state index contributed by atoms with van der Waals surface area (Å²) in [5.41, 5.74) is 1.42. The first kappa shape index (κ1) is 19.0. The van der Waals surface area contributed by atoms with Crippen molar-refractivity contribution in [2.24, 2.45) is 10.9 Å². The molecule has 2 aliphatic carbocycles. The van der Waals surface area contributed by atoms with Gasteiger partial charge in [0.15, 0.2) is 5.96 Å². The van der Waals surface area contributed by atoms with Crippen LogP contribution in [0.3, 0.4) is 0 Å². The first-order valence-electron chi connectivity index (χ1n) is 9.89. The Bertz CT molecular complexity index is 609. The molecule has 0 aromatic heterocycles. The van der Waals surface area contributed by atoms with Gasteiger partial charge >= 0.3 is 0 Å². The topological polar surface area (TPSA) is 46.1 Å². The van der Waals surface area contributed by atoms with Crippen LogP contribution in [0.2, 0.25) is 0 Å². The van der Waals surface area contributed by atoms with E-state index in [1.54, 1.807) is 7.11 Å². The number of benzene rings is 1. The maximum atomic E-state index is 5.77. The van der Waals surface area contributed by atoms with Gasteiger partial charge in [0.2, 0.25) is 0 Å². The maximum Gasteiger partial charge on any atom is 0.193 e. The van der Waals surface area contributed by atoms with Gasteiger partial charge in [-0.25, -0.2) is 0 Å². The van der Waals surface area contributed by atoms with Gasteiger partial charge in [-0.2, -0.15) is 0 Å². The molecule has 5 nitrogen and oxygen atoms in total. The molecule has 0 bridgehead atoms. The largest absolute Gasteiger partial charge is 0.496 e. The van der Waals surface area contributed by atoms with E-state index in [1.807, 2.05) is 12.1 Å². The normalized spacial score (nSPS) is 18.5. The number of nitrogens with one attached hydrogen (secondary N) is 1. The Morgan fingerprint density at radius 2 is 2.08 bits per heavy atom. The average Bonchev–Trinajstić information content (AvgIpc) is 3.58. The Balaban J connectivity index is 1.58. The molecule has 1 aromatic carbocycles. The number of nitrogens with zero attached hydrogens (tertiary/aromatic N) is 2. The summed E-state index contributed by atoms with van der Waals surface area (Å²) < 4.78 is 11.3. The first-order valence-corrected chi connectivity index (χ1v) is 9.89. The first-order chi connectivity index (χ1) is 12.7. The van der Waals surface area contributed by atoms with Gasteiger partial charge in [0.1, 0.15) is 5.75 Å². The second kappa shape index (κ2) is 8.76. The third-order valence-electron chi connectivity index (χ3n) is 5.38. The van der Waals surface area contributed by atoms with Crippen LogP contribution in [0.25, 0.3) is 0 Å². The van der Waals surface area contributed by atoms with Gasteiger partial charge in [-0.05, 0) is 44.6 Å². The van der Waals surface area contributed by atoms with Gasteiger partial charge < -0.3 is 19.7 Å². The highest BCUT2D eigenvalue weighted by Gasteiger charge is 2.46. The monoisotopic (exact) mass is 359 g/mol. The van der Waals surface area contributed by atoms with Crippen LogP contribution in [0.5, 0.6) is 5.75 Å². The van der Waals surface area contributed by atoms with Gasteiger partial charge in [-0.1, -0.05) is 18.2 Å². The molecule has 1 N–H and O–H groups in total. The lowest BCUT2D eigenvalue weighted by molar-refractivity contribution is 0.115. The molecule has 0 atom stereocenters. The van der Waals surface area contributed by atoms with Crippen molar-refractivity contribution >= 4 is 5.96 Å². The van der Waals surface area contributed by atoms with E-state index in [9.17, 15) is 0 Å². The highest BCUT2D eigenvalue weighted by molar-refractivity contribution is 5.79. The fourth-order valence-corrected chi connectivity index (χ4v) is 3.28. The molecule has 0 aliphatic heterocycles. The zero-order valence-electron chi connectivity index (χ0n) is 16.5. The zero-order chi connectivity index (χ0) is 18.4. The minimum Gasteiger partial charge on any atom is -0.496 e. The summed E-state index contributed by atoms with van der Waals surface area (Å²) in [6, 6.07) is 8.36. The lowest BCUT2D eigenvalue weighted by Crippen LogP contribution is -2.41. The fourth-order valence-electron chi connectivity index (χ4n) is 3.28. The van der Waals surface area contributed by atoms with E-state index in [0.717, 1.165) is 50.5 Å². The molecule has 1 aromatic rings. The Hall–Kier alpha value is -1.75. The molecule has 2 aliphatic rings. The van der Waals surface area contributed by atoms with Crippen molar-refractivity contribution in [3.8, 4) is 5.75 Å². The molecule has 0 amide bonds. The molecule has 2 saturated carbocycles. The predicted molar refractivity (Wildman–Crippen MR) is 106 cm³/mol. The van der Waals surface area contributed by atoms with E-state index in [4.69, 9.17) is 14.5 Å². The molecule has 26 heavy (non-hydrogen) atoms. The Labute approximate surface area is 157 Å². The number of methoxy groups -OCH3 is 1. The van der Waals surface area contributed by atoms with Crippen molar-refractivity contribution in [1.29, 1.82) is 0 Å². The lowest BCUT2D eigenvalue weighted by atomic mass is 9.95. The fraction of sp³-hybridized carbons (Fsp3) is 0.667. The van der Waals surface area contributed by atoms with Crippen LogP contribution in [0, 0.1) is 5.92 Å². The van der Waals surface area contributed by atoms with Crippen LogP contribution in [-0.4, -0.2) is 57.9 Å². The molecule has 0 heterocycles. The summed E-state index contributed by atoms with van der Waals surface area (Å²) in [6.07, 6.45) is 5.02. The van der Waals surface area contributed by atoms with E-state index in [1.165, 1.54) is 31.2 Å². The third-order valence-corrected chi connectivity index (χ3v) is 5.38. The van der Waals surface area contributed by atoms with E-state index in [-0.39, 0.29) is 5.41 Å². The van der Waals surface area contributed by atoms with E-state index >= 15 is 0 Å². The third kappa shape index (κ3) is 4.91. The number of likely N-dealkylation sites (N-methyl/N-ethyl adjacent to an activating group) is 1. The summed E-state index contributed by atoms with van der Waals surface area (Å²) in [5.74, 6) is 2.76. The Morgan fingerprint density at radius 1 is 1.31 bits per heavy atom. The molecular weight excluding hydrogens is 326 g/mol. The van der Waals surface area contributed by atoms with Crippen LogP contribution in [0.4, 0.5) is 0 Å². The van der Waals surface area contributed by atoms with Gasteiger partial charge in [-0.3, -0.25) is 4.99 Å².